The zero-order valence-corrected chi connectivity index (χ0v) is 9.83. The number of amides is 1. The molecule has 0 saturated carbocycles. The molecule has 15 heavy (non-hydrogen) atoms. The molecule has 4 nitrogen and oxygen atoms in total. The SMILES string of the molecule is CCC[C@@H](C(=O)NN)N1CCCC[C@@H]1C. The third-order valence-electron chi connectivity index (χ3n) is 3.26. The standard InChI is InChI=1S/C11H23N3O/c1-3-6-10(11(15)13-12)14-8-5-4-7-9(14)2/h9-10H,3-8,12H2,1-2H3,(H,13,15)/t9-,10-/m0/s1. The van der Waals surface area contributed by atoms with Crippen molar-refractivity contribution < 1.29 is 4.79 Å². The summed E-state index contributed by atoms with van der Waals surface area (Å²) in [4.78, 5) is 14.0. The van der Waals surface area contributed by atoms with Crippen LogP contribution in [0, 0.1) is 0 Å². The quantitative estimate of drug-likeness (QED) is 0.416. The molecule has 4 heteroatoms. The van der Waals surface area contributed by atoms with Crippen LogP contribution in [0.25, 0.3) is 0 Å². The zero-order valence-electron chi connectivity index (χ0n) is 9.83. The molecule has 0 aromatic rings. The van der Waals surface area contributed by atoms with Crippen molar-refractivity contribution in [2.45, 2.75) is 58.0 Å². The molecular formula is C11H23N3O. The number of carbonyl (C=O) groups is 1. The molecule has 1 fully saturated rings. The van der Waals surface area contributed by atoms with Crippen LogP contribution in [0.2, 0.25) is 0 Å². The summed E-state index contributed by atoms with van der Waals surface area (Å²) in [5.74, 6) is 5.19. The van der Waals surface area contributed by atoms with Crippen molar-refractivity contribution in [2.24, 2.45) is 5.84 Å². The summed E-state index contributed by atoms with van der Waals surface area (Å²) in [5, 5.41) is 0. The zero-order chi connectivity index (χ0) is 11.3. The van der Waals surface area contributed by atoms with Gasteiger partial charge in [-0.1, -0.05) is 19.8 Å². The Morgan fingerprint density at radius 1 is 1.60 bits per heavy atom. The molecule has 1 heterocycles. The molecule has 0 spiro atoms. The molecule has 1 aliphatic rings. The van der Waals surface area contributed by atoms with Gasteiger partial charge in [-0.15, -0.1) is 0 Å². The van der Waals surface area contributed by atoms with Gasteiger partial charge in [0.05, 0.1) is 6.04 Å². The van der Waals surface area contributed by atoms with Crippen LogP contribution < -0.4 is 11.3 Å². The van der Waals surface area contributed by atoms with Gasteiger partial charge in [-0.3, -0.25) is 15.1 Å². The van der Waals surface area contributed by atoms with Gasteiger partial charge in [-0.25, -0.2) is 5.84 Å². The Kier molecular flexibility index (Phi) is 5.05. The smallest absolute Gasteiger partial charge is 0.251 e. The molecular weight excluding hydrogens is 190 g/mol. The summed E-state index contributed by atoms with van der Waals surface area (Å²) in [7, 11) is 0. The van der Waals surface area contributed by atoms with E-state index in [1.165, 1.54) is 19.3 Å². The number of hydrogen-bond donors (Lipinski definition) is 2. The lowest BCUT2D eigenvalue weighted by molar-refractivity contribution is -0.128. The van der Waals surface area contributed by atoms with Crippen molar-refractivity contribution >= 4 is 5.91 Å². The Bertz CT molecular complexity index is 208. The highest BCUT2D eigenvalue weighted by Gasteiger charge is 2.29. The van der Waals surface area contributed by atoms with Crippen molar-refractivity contribution in [3.05, 3.63) is 0 Å². The second kappa shape index (κ2) is 6.08. The monoisotopic (exact) mass is 213 g/mol. The summed E-state index contributed by atoms with van der Waals surface area (Å²) in [6.45, 7) is 5.33. The molecule has 0 bridgehead atoms. The van der Waals surface area contributed by atoms with Crippen LogP contribution in [0.3, 0.4) is 0 Å². The van der Waals surface area contributed by atoms with Gasteiger partial charge >= 0.3 is 0 Å². The van der Waals surface area contributed by atoms with Crippen molar-refractivity contribution in [3.8, 4) is 0 Å². The van der Waals surface area contributed by atoms with Gasteiger partial charge in [0.15, 0.2) is 0 Å². The summed E-state index contributed by atoms with van der Waals surface area (Å²) in [6, 6.07) is 0.475. The van der Waals surface area contributed by atoms with E-state index in [0.717, 1.165) is 19.4 Å². The molecule has 1 amide bonds. The maximum atomic E-state index is 11.7. The number of nitrogens with one attached hydrogen (secondary N) is 1. The van der Waals surface area contributed by atoms with Crippen LogP contribution in [0.5, 0.6) is 0 Å². The number of nitrogens with zero attached hydrogens (tertiary/aromatic N) is 1. The summed E-state index contributed by atoms with van der Waals surface area (Å²) < 4.78 is 0. The Morgan fingerprint density at radius 3 is 2.87 bits per heavy atom. The fourth-order valence-corrected chi connectivity index (χ4v) is 2.40. The molecule has 0 aromatic heterocycles. The van der Waals surface area contributed by atoms with Crippen molar-refractivity contribution in [3.63, 3.8) is 0 Å². The van der Waals surface area contributed by atoms with E-state index in [4.69, 9.17) is 5.84 Å². The van der Waals surface area contributed by atoms with Crippen LogP contribution in [0.1, 0.15) is 46.0 Å². The molecule has 0 unspecified atom stereocenters. The lowest BCUT2D eigenvalue weighted by Gasteiger charge is -2.38. The molecule has 3 N–H and O–H groups in total. The molecule has 0 aromatic carbocycles. The molecule has 0 aliphatic carbocycles. The van der Waals surface area contributed by atoms with Crippen LogP contribution in [0.4, 0.5) is 0 Å². The largest absolute Gasteiger partial charge is 0.293 e. The van der Waals surface area contributed by atoms with E-state index in [0.29, 0.717) is 6.04 Å². The van der Waals surface area contributed by atoms with E-state index < -0.39 is 0 Å². The van der Waals surface area contributed by atoms with Gasteiger partial charge in [-0.2, -0.15) is 0 Å². The number of piperidine rings is 1. The Morgan fingerprint density at radius 2 is 2.33 bits per heavy atom. The molecule has 1 saturated heterocycles. The van der Waals surface area contributed by atoms with Crippen LogP contribution >= 0.6 is 0 Å². The molecule has 88 valence electrons. The minimum Gasteiger partial charge on any atom is -0.293 e. The van der Waals surface area contributed by atoms with Crippen LogP contribution in [0.15, 0.2) is 0 Å². The number of likely N-dealkylation sites (tertiary alicyclic amines) is 1. The number of hydrazine groups is 1. The fraction of sp³-hybridized carbons (Fsp3) is 0.909. The second-order valence-corrected chi connectivity index (χ2v) is 4.40. The van der Waals surface area contributed by atoms with Crippen LogP contribution in [-0.2, 0) is 4.79 Å². The van der Waals surface area contributed by atoms with Gasteiger partial charge in [0.2, 0.25) is 0 Å². The Labute approximate surface area is 92.2 Å². The highest BCUT2D eigenvalue weighted by Crippen LogP contribution is 2.21. The van der Waals surface area contributed by atoms with Crippen molar-refractivity contribution in [1.82, 2.24) is 10.3 Å². The van der Waals surface area contributed by atoms with E-state index in [9.17, 15) is 4.79 Å². The highest BCUT2D eigenvalue weighted by atomic mass is 16.2. The number of carbonyl (C=O) groups excluding carboxylic acids is 1. The van der Waals surface area contributed by atoms with Gasteiger partial charge in [-0.05, 0) is 32.7 Å². The van der Waals surface area contributed by atoms with Gasteiger partial charge in [0.1, 0.15) is 0 Å². The first-order chi connectivity index (χ1) is 7.20. The predicted octanol–water partition coefficient (Wildman–Crippen LogP) is 1.02. The molecule has 1 rings (SSSR count). The third kappa shape index (κ3) is 3.18. The van der Waals surface area contributed by atoms with E-state index in [1.54, 1.807) is 0 Å². The summed E-state index contributed by atoms with van der Waals surface area (Å²) >= 11 is 0. The van der Waals surface area contributed by atoms with Gasteiger partial charge < -0.3 is 0 Å². The first kappa shape index (κ1) is 12.5. The van der Waals surface area contributed by atoms with Crippen molar-refractivity contribution in [1.29, 1.82) is 0 Å². The van der Waals surface area contributed by atoms with E-state index in [2.05, 4.69) is 24.2 Å². The normalized spacial score (nSPS) is 24.9. The average molecular weight is 213 g/mol. The number of nitrogens with two attached hydrogens (primary N) is 1. The first-order valence-corrected chi connectivity index (χ1v) is 5.97. The minimum absolute atomic E-state index is 0.0321. The summed E-state index contributed by atoms with van der Waals surface area (Å²) in [6.07, 6.45) is 5.58. The van der Waals surface area contributed by atoms with E-state index in [1.807, 2.05) is 0 Å². The molecule has 2 atom stereocenters. The average Bonchev–Trinajstić information content (AvgIpc) is 2.26. The highest BCUT2D eigenvalue weighted by molar-refractivity contribution is 5.81. The number of rotatable bonds is 4. The molecule has 0 radical (unpaired) electrons. The second-order valence-electron chi connectivity index (χ2n) is 4.40. The third-order valence-corrected chi connectivity index (χ3v) is 3.26. The molecule has 1 aliphatic heterocycles. The van der Waals surface area contributed by atoms with Gasteiger partial charge in [0, 0.05) is 6.04 Å². The number of hydrogen-bond acceptors (Lipinski definition) is 3. The maximum Gasteiger partial charge on any atom is 0.251 e. The fourth-order valence-electron chi connectivity index (χ4n) is 2.40. The van der Waals surface area contributed by atoms with Crippen LogP contribution in [-0.4, -0.2) is 29.4 Å². The Hall–Kier alpha value is -0.610. The first-order valence-electron chi connectivity index (χ1n) is 5.97. The lowest BCUT2D eigenvalue weighted by atomic mass is 9.99. The van der Waals surface area contributed by atoms with Gasteiger partial charge in [0.25, 0.3) is 5.91 Å². The lowest BCUT2D eigenvalue weighted by Crippen LogP contribution is -2.53. The predicted molar refractivity (Wildman–Crippen MR) is 61.0 cm³/mol. The van der Waals surface area contributed by atoms with E-state index in [-0.39, 0.29) is 11.9 Å². The summed E-state index contributed by atoms with van der Waals surface area (Å²) in [5.41, 5.74) is 2.29. The topological polar surface area (TPSA) is 58.4 Å². The van der Waals surface area contributed by atoms with E-state index >= 15 is 0 Å². The maximum absolute atomic E-state index is 11.7. The minimum atomic E-state index is -0.0365. The van der Waals surface area contributed by atoms with Crippen molar-refractivity contribution in [2.75, 3.05) is 6.54 Å². The Balaban J connectivity index is 2.64.